The highest BCUT2D eigenvalue weighted by Gasteiger charge is 2.32. The van der Waals surface area contributed by atoms with Crippen LogP contribution in [0.4, 0.5) is 4.79 Å². The summed E-state index contributed by atoms with van der Waals surface area (Å²) in [6.45, 7) is 1.60. The van der Waals surface area contributed by atoms with Crippen LogP contribution in [0.2, 0.25) is 0 Å². The lowest BCUT2D eigenvalue weighted by atomic mass is 10.0. The van der Waals surface area contributed by atoms with Crippen LogP contribution >= 0.6 is 0 Å². The third kappa shape index (κ3) is 4.64. The van der Waals surface area contributed by atoms with Crippen molar-refractivity contribution in [3.05, 3.63) is 54.1 Å². The monoisotopic (exact) mass is 370 g/mol. The number of carbonyl (C=O) groups excluding carboxylic acids is 1. The van der Waals surface area contributed by atoms with Gasteiger partial charge in [0.15, 0.2) is 0 Å². The number of carbonyl (C=O) groups is 1. The zero-order valence-corrected chi connectivity index (χ0v) is 15.8. The van der Waals surface area contributed by atoms with Crippen molar-refractivity contribution in [3.63, 3.8) is 0 Å². The molecule has 2 amide bonds. The van der Waals surface area contributed by atoms with Gasteiger partial charge in [0, 0.05) is 12.1 Å². The van der Waals surface area contributed by atoms with Gasteiger partial charge in [0.2, 0.25) is 0 Å². The number of para-hydroxylation sites is 1. The molecule has 1 N–H and O–H groups in total. The van der Waals surface area contributed by atoms with Crippen LogP contribution < -0.4 is 19.5 Å². The summed E-state index contributed by atoms with van der Waals surface area (Å²) in [7, 11) is 3.28. The first kappa shape index (κ1) is 18.9. The Labute approximate surface area is 160 Å². The van der Waals surface area contributed by atoms with Gasteiger partial charge < -0.3 is 24.4 Å². The second-order valence-corrected chi connectivity index (χ2v) is 6.35. The predicted molar refractivity (Wildman–Crippen MR) is 104 cm³/mol. The Morgan fingerprint density at radius 3 is 2.67 bits per heavy atom. The van der Waals surface area contributed by atoms with Crippen LogP contribution in [0.3, 0.4) is 0 Å². The van der Waals surface area contributed by atoms with Gasteiger partial charge in [-0.3, -0.25) is 0 Å². The Hall–Kier alpha value is -2.89. The van der Waals surface area contributed by atoms with Crippen LogP contribution in [0.1, 0.15) is 24.4 Å². The van der Waals surface area contributed by atoms with E-state index in [1.807, 2.05) is 53.4 Å². The van der Waals surface area contributed by atoms with E-state index in [1.165, 1.54) is 0 Å². The molecule has 3 rings (SSSR count). The molecule has 0 radical (unpaired) electrons. The van der Waals surface area contributed by atoms with E-state index in [0.717, 1.165) is 42.2 Å². The van der Waals surface area contributed by atoms with Crippen molar-refractivity contribution in [3.8, 4) is 17.2 Å². The molecule has 1 aliphatic heterocycles. The minimum atomic E-state index is -0.0842. The lowest BCUT2D eigenvalue weighted by Gasteiger charge is -2.27. The maximum atomic E-state index is 12.7. The van der Waals surface area contributed by atoms with Crippen molar-refractivity contribution in [2.45, 2.75) is 18.9 Å². The summed E-state index contributed by atoms with van der Waals surface area (Å²) in [4.78, 5) is 14.5. The molecule has 1 aliphatic rings. The zero-order valence-electron chi connectivity index (χ0n) is 15.8. The summed E-state index contributed by atoms with van der Waals surface area (Å²) < 4.78 is 16.5. The number of nitrogens with one attached hydrogen (secondary N) is 1. The highest BCUT2D eigenvalue weighted by atomic mass is 16.5. The van der Waals surface area contributed by atoms with Crippen molar-refractivity contribution in [1.29, 1.82) is 0 Å². The van der Waals surface area contributed by atoms with Gasteiger partial charge in [-0.2, -0.15) is 0 Å². The maximum absolute atomic E-state index is 12.7. The first-order valence-corrected chi connectivity index (χ1v) is 9.17. The molecule has 6 heteroatoms. The van der Waals surface area contributed by atoms with E-state index < -0.39 is 0 Å². The lowest BCUT2D eigenvalue weighted by Crippen LogP contribution is -2.41. The second kappa shape index (κ2) is 9.16. The average molecular weight is 370 g/mol. The van der Waals surface area contributed by atoms with Gasteiger partial charge >= 0.3 is 6.03 Å². The first-order chi connectivity index (χ1) is 13.2. The fourth-order valence-corrected chi connectivity index (χ4v) is 3.38. The molecule has 6 nitrogen and oxygen atoms in total. The molecule has 27 heavy (non-hydrogen) atoms. The summed E-state index contributed by atoms with van der Waals surface area (Å²) in [5.41, 5.74) is 0.977. The summed E-state index contributed by atoms with van der Waals surface area (Å²) >= 11 is 0. The van der Waals surface area contributed by atoms with Crippen molar-refractivity contribution in [2.24, 2.45) is 0 Å². The van der Waals surface area contributed by atoms with Gasteiger partial charge in [-0.1, -0.05) is 18.2 Å². The summed E-state index contributed by atoms with van der Waals surface area (Å²) in [6, 6.07) is 15.2. The molecule has 0 spiro atoms. The fourth-order valence-electron chi connectivity index (χ4n) is 3.38. The normalized spacial score (nSPS) is 16.1. The molecule has 1 saturated heterocycles. The highest BCUT2D eigenvalue weighted by Crippen LogP contribution is 2.38. The van der Waals surface area contributed by atoms with E-state index in [1.54, 1.807) is 14.2 Å². The molecule has 1 unspecified atom stereocenters. The van der Waals surface area contributed by atoms with Gasteiger partial charge in [0.1, 0.15) is 23.9 Å². The van der Waals surface area contributed by atoms with Crippen LogP contribution in [0.25, 0.3) is 0 Å². The minimum absolute atomic E-state index is 0.0231. The van der Waals surface area contributed by atoms with E-state index in [2.05, 4.69) is 5.32 Å². The Kier molecular flexibility index (Phi) is 6.41. The SMILES string of the molecule is COc1ccc(OC)c(C2CCCN2C(=O)NCCOc2ccccc2)c1. The zero-order chi connectivity index (χ0) is 19.1. The largest absolute Gasteiger partial charge is 0.497 e. The Balaban J connectivity index is 1.59. The van der Waals surface area contributed by atoms with E-state index in [0.29, 0.717) is 13.2 Å². The maximum Gasteiger partial charge on any atom is 0.318 e. The first-order valence-electron chi connectivity index (χ1n) is 9.17. The van der Waals surface area contributed by atoms with E-state index in [-0.39, 0.29) is 12.1 Å². The smallest absolute Gasteiger partial charge is 0.318 e. The fraction of sp³-hybridized carbons (Fsp3) is 0.381. The topological polar surface area (TPSA) is 60.0 Å². The molecule has 2 aromatic rings. The van der Waals surface area contributed by atoms with Crippen LogP contribution in [-0.4, -0.2) is 44.8 Å². The molecule has 2 aromatic carbocycles. The second-order valence-electron chi connectivity index (χ2n) is 6.35. The molecule has 0 bridgehead atoms. The van der Waals surface area contributed by atoms with Crippen LogP contribution in [0.5, 0.6) is 17.2 Å². The lowest BCUT2D eigenvalue weighted by molar-refractivity contribution is 0.189. The highest BCUT2D eigenvalue weighted by molar-refractivity contribution is 5.75. The van der Waals surface area contributed by atoms with Gasteiger partial charge in [-0.25, -0.2) is 4.79 Å². The predicted octanol–water partition coefficient (Wildman–Crippen LogP) is 3.63. The third-order valence-electron chi connectivity index (χ3n) is 4.70. The number of benzene rings is 2. The van der Waals surface area contributed by atoms with E-state index in [4.69, 9.17) is 14.2 Å². The number of hydrogen-bond acceptors (Lipinski definition) is 4. The van der Waals surface area contributed by atoms with Gasteiger partial charge in [-0.15, -0.1) is 0 Å². The van der Waals surface area contributed by atoms with Crippen LogP contribution in [0, 0.1) is 0 Å². The molecule has 0 aliphatic carbocycles. The van der Waals surface area contributed by atoms with Gasteiger partial charge in [-0.05, 0) is 43.2 Å². The van der Waals surface area contributed by atoms with Crippen molar-refractivity contribution < 1.29 is 19.0 Å². The van der Waals surface area contributed by atoms with Crippen molar-refractivity contribution in [2.75, 3.05) is 33.9 Å². The summed E-state index contributed by atoms with van der Waals surface area (Å²) in [6.07, 6.45) is 1.86. The Morgan fingerprint density at radius 2 is 1.93 bits per heavy atom. The molecule has 1 heterocycles. The number of amides is 2. The average Bonchev–Trinajstić information content (AvgIpc) is 3.21. The standard InChI is InChI=1S/C21H26N2O4/c1-25-17-10-11-20(26-2)18(15-17)19-9-6-13-23(19)21(24)22-12-14-27-16-7-4-3-5-8-16/h3-5,7-8,10-11,15,19H,6,9,12-14H2,1-2H3,(H,22,24). The Bertz CT molecular complexity index is 751. The molecule has 1 fully saturated rings. The number of hydrogen-bond donors (Lipinski definition) is 1. The molecule has 0 saturated carbocycles. The quantitative estimate of drug-likeness (QED) is 0.756. The molecule has 144 valence electrons. The number of methoxy groups -OCH3 is 2. The van der Waals surface area contributed by atoms with Gasteiger partial charge in [0.05, 0.1) is 26.8 Å². The summed E-state index contributed by atoms with van der Waals surface area (Å²) in [5.74, 6) is 2.33. The summed E-state index contributed by atoms with van der Waals surface area (Å²) in [5, 5.41) is 2.95. The van der Waals surface area contributed by atoms with E-state index >= 15 is 0 Å². The molecule has 0 aromatic heterocycles. The van der Waals surface area contributed by atoms with Crippen LogP contribution in [-0.2, 0) is 0 Å². The van der Waals surface area contributed by atoms with Crippen molar-refractivity contribution >= 4 is 6.03 Å². The Morgan fingerprint density at radius 1 is 1.11 bits per heavy atom. The minimum Gasteiger partial charge on any atom is -0.497 e. The van der Waals surface area contributed by atoms with Crippen molar-refractivity contribution in [1.82, 2.24) is 10.2 Å². The molecular weight excluding hydrogens is 344 g/mol. The number of rotatable bonds is 7. The number of urea groups is 1. The number of ether oxygens (including phenoxy) is 3. The third-order valence-corrected chi connectivity index (χ3v) is 4.70. The number of likely N-dealkylation sites (tertiary alicyclic amines) is 1. The number of nitrogens with zero attached hydrogens (tertiary/aromatic N) is 1. The molecular formula is C21H26N2O4. The van der Waals surface area contributed by atoms with Crippen LogP contribution in [0.15, 0.2) is 48.5 Å². The molecule has 1 atom stereocenters. The van der Waals surface area contributed by atoms with Gasteiger partial charge in [0.25, 0.3) is 0 Å². The van der Waals surface area contributed by atoms with E-state index in [9.17, 15) is 4.79 Å².